The number of aromatic nitrogens is 6. The van der Waals surface area contributed by atoms with Crippen LogP contribution in [0.5, 0.6) is 0 Å². The molecule has 0 unspecified atom stereocenters. The van der Waals surface area contributed by atoms with E-state index in [0.717, 1.165) is 76.5 Å². The Bertz CT molecular complexity index is 2390. The molecule has 0 bridgehead atoms. The molecule has 11 heteroatoms. The van der Waals surface area contributed by atoms with Gasteiger partial charge in [-0.2, -0.15) is 0 Å². The molecule has 4 atom stereocenters. The van der Waals surface area contributed by atoms with Crippen molar-refractivity contribution in [2.24, 2.45) is 0 Å². The number of hydrogen-bond acceptors (Lipinski definition) is 7. The fraction of sp³-hybridized carbons (Fsp3) is 0.239. The van der Waals surface area contributed by atoms with Gasteiger partial charge in [-0.15, -0.1) is 0 Å². The van der Waals surface area contributed by atoms with Crippen LogP contribution in [0.15, 0.2) is 134 Å². The van der Waals surface area contributed by atoms with Crippen LogP contribution in [0.1, 0.15) is 72.5 Å². The zero-order valence-corrected chi connectivity index (χ0v) is 31.6. The van der Waals surface area contributed by atoms with Gasteiger partial charge in [0, 0.05) is 61.1 Å². The van der Waals surface area contributed by atoms with Crippen molar-refractivity contribution in [3.8, 4) is 33.9 Å². The van der Waals surface area contributed by atoms with E-state index in [2.05, 4.69) is 27.9 Å². The van der Waals surface area contributed by atoms with E-state index < -0.39 is 12.0 Å². The van der Waals surface area contributed by atoms with Crippen LogP contribution in [-0.4, -0.2) is 76.1 Å². The average molecular weight is 755 g/mol. The van der Waals surface area contributed by atoms with Gasteiger partial charge < -0.3 is 24.7 Å². The maximum Gasteiger partial charge on any atom is 0.250 e. The first-order valence-corrected chi connectivity index (χ1v) is 19.7. The minimum Gasteiger partial charge on any atom is -0.358 e. The van der Waals surface area contributed by atoms with E-state index in [-0.39, 0.29) is 23.9 Å². The standard InChI is InChI=1S/C46H44N9O2/c1-31(32-13-5-2-6-14-32)45(56)54-25-11-17-39(54)43-49-29-37(51-43)33-19-21-35(22-20-33)42-47-27-36(28-48-42)38-30-50-44(52-38)40-18-12-26-55(40)46(57)41(34-15-7-3-8-16-34)53-23-9-4-10-24-53/h2-10,13-16,19-23,27-31,39-41H,1,11-12,17-18,24-26H2,(H,49,51)(H,50,52)/t31-,39+,40+,41-/m1/s1. The summed E-state index contributed by atoms with van der Waals surface area (Å²) in [6.45, 7) is 6.23. The molecule has 9 rings (SSSR count). The Morgan fingerprint density at radius 1 is 0.702 bits per heavy atom. The molecule has 6 heterocycles. The summed E-state index contributed by atoms with van der Waals surface area (Å²) in [5.41, 5.74) is 6.16. The lowest BCUT2D eigenvalue weighted by Gasteiger charge is -2.35. The van der Waals surface area contributed by atoms with Gasteiger partial charge in [0.2, 0.25) is 5.91 Å². The molecule has 6 aromatic rings. The van der Waals surface area contributed by atoms with Gasteiger partial charge in [0.05, 0.1) is 35.6 Å². The van der Waals surface area contributed by atoms with Gasteiger partial charge in [0.25, 0.3) is 5.91 Å². The van der Waals surface area contributed by atoms with Crippen molar-refractivity contribution in [3.63, 3.8) is 0 Å². The Hall–Kier alpha value is -6.62. The normalized spacial score (nSPS) is 18.9. The molecule has 0 aliphatic carbocycles. The number of carbonyl (C=O) groups is 2. The first-order valence-electron chi connectivity index (χ1n) is 19.7. The first kappa shape index (κ1) is 36.0. The molecule has 2 amide bonds. The van der Waals surface area contributed by atoms with Gasteiger partial charge in [-0.25, -0.2) is 19.9 Å². The molecule has 3 aromatic carbocycles. The molecule has 3 aromatic heterocycles. The Balaban J connectivity index is 0.862. The van der Waals surface area contributed by atoms with Gasteiger partial charge in [0.15, 0.2) is 5.82 Å². The lowest BCUT2D eigenvalue weighted by Crippen LogP contribution is -2.41. The van der Waals surface area contributed by atoms with Gasteiger partial charge in [-0.1, -0.05) is 97.1 Å². The van der Waals surface area contributed by atoms with Gasteiger partial charge in [-0.3, -0.25) is 9.59 Å². The van der Waals surface area contributed by atoms with E-state index >= 15 is 0 Å². The minimum absolute atomic E-state index is 0.0222. The summed E-state index contributed by atoms with van der Waals surface area (Å²) in [5, 5.41) is 0. The second kappa shape index (κ2) is 15.9. The SMILES string of the molecule is [CH2][C@@H](C(=O)N1CCC[C@H]1c1nc(-c2ccc(-c3ncc(-c4cnc([C@@H]5CCCN5C(=O)[C@@H](c5ccccc5)N5C=CC=CC5)[nH]4)cn3)cc2)c[nH]1)c1ccccc1. The summed E-state index contributed by atoms with van der Waals surface area (Å²) >= 11 is 0. The van der Waals surface area contributed by atoms with E-state index in [0.29, 0.717) is 25.5 Å². The summed E-state index contributed by atoms with van der Waals surface area (Å²) in [5.74, 6) is 1.80. The van der Waals surface area contributed by atoms with Gasteiger partial charge in [0.1, 0.15) is 17.7 Å². The summed E-state index contributed by atoms with van der Waals surface area (Å²) < 4.78 is 0. The maximum absolute atomic E-state index is 14.3. The van der Waals surface area contributed by atoms with Crippen LogP contribution in [-0.2, 0) is 9.59 Å². The first-order chi connectivity index (χ1) is 28.0. The number of H-pyrrole nitrogens is 2. The van der Waals surface area contributed by atoms with Gasteiger partial charge >= 0.3 is 0 Å². The number of nitrogens with zero attached hydrogens (tertiary/aromatic N) is 7. The van der Waals surface area contributed by atoms with Crippen molar-refractivity contribution in [2.75, 3.05) is 19.6 Å². The fourth-order valence-electron chi connectivity index (χ4n) is 8.31. The van der Waals surface area contributed by atoms with Crippen molar-refractivity contribution in [3.05, 3.63) is 164 Å². The van der Waals surface area contributed by atoms with E-state index in [9.17, 15) is 9.59 Å². The monoisotopic (exact) mass is 754 g/mol. The second-order valence-corrected chi connectivity index (χ2v) is 14.8. The summed E-state index contributed by atoms with van der Waals surface area (Å²) in [7, 11) is 0. The third-order valence-electron chi connectivity index (χ3n) is 11.3. The number of rotatable bonds is 10. The number of aromatic amines is 2. The molecule has 2 saturated heterocycles. The zero-order chi connectivity index (χ0) is 38.7. The molecule has 2 fully saturated rings. The summed E-state index contributed by atoms with van der Waals surface area (Å²) in [4.78, 5) is 59.6. The van der Waals surface area contributed by atoms with Crippen LogP contribution in [0.25, 0.3) is 33.9 Å². The smallest absolute Gasteiger partial charge is 0.250 e. The van der Waals surface area contributed by atoms with Crippen LogP contribution < -0.4 is 0 Å². The van der Waals surface area contributed by atoms with Crippen molar-refractivity contribution in [1.29, 1.82) is 0 Å². The minimum atomic E-state index is -0.457. The number of imidazole rings is 2. The van der Waals surface area contributed by atoms with E-state index in [4.69, 9.17) is 19.9 Å². The van der Waals surface area contributed by atoms with Crippen molar-refractivity contribution in [1.82, 2.24) is 44.6 Å². The summed E-state index contributed by atoms with van der Waals surface area (Å²) in [6.07, 6.45) is 18.9. The number of allylic oxidation sites excluding steroid dienone is 2. The van der Waals surface area contributed by atoms with Crippen LogP contribution in [0.3, 0.4) is 0 Å². The number of hydrogen-bond donors (Lipinski definition) is 2. The zero-order valence-electron chi connectivity index (χ0n) is 31.6. The highest BCUT2D eigenvalue weighted by Gasteiger charge is 2.38. The third-order valence-corrected chi connectivity index (χ3v) is 11.3. The average Bonchev–Trinajstić information content (AvgIpc) is 4.12. The van der Waals surface area contributed by atoms with Crippen LogP contribution in [0, 0.1) is 6.92 Å². The molecule has 3 aliphatic heterocycles. The van der Waals surface area contributed by atoms with Crippen LogP contribution >= 0.6 is 0 Å². The summed E-state index contributed by atoms with van der Waals surface area (Å²) in [6, 6.07) is 27.1. The largest absolute Gasteiger partial charge is 0.358 e. The molecular weight excluding hydrogens is 711 g/mol. The number of carbonyl (C=O) groups excluding carboxylic acids is 2. The molecule has 3 aliphatic rings. The number of likely N-dealkylation sites (tertiary alicyclic amines) is 2. The number of nitrogens with one attached hydrogen (secondary N) is 2. The Labute approximate surface area is 332 Å². The molecular formula is C46H44N9O2. The van der Waals surface area contributed by atoms with Gasteiger partial charge in [-0.05, 0) is 49.8 Å². The molecule has 0 spiro atoms. The van der Waals surface area contributed by atoms with E-state index in [1.54, 1.807) is 18.6 Å². The van der Waals surface area contributed by atoms with Crippen LogP contribution in [0.2, 0.25) is 0 Å². The predicted molar refractivity (Wildman–Crippen MR) is 219 cm³/mol. The molecule has 57 heavy (non-hydrogen) atoms. The van der Waals surface area contributed by atoms with Crippen molar-refractivity contribution < 1.29 is 9.59 Å². The lowest BCUT2D eigenvalue weighted by atomic mass is 9.99. The van der Waals surface area contributed by atoms with E-state index in [1.165, 1.54) is 0 Å². The molecule has 0 saturated carbocycles. The highest BCUT2D eigenvalue weighted by Crippen LogP contribution is 2.37. The topological polar surface area (TPSA) is 127 Å². The maximum atomic E-state index is 14.3. The molecule has 285 valence electrons. The lowest BCUT2D eigenvalue weighted by molar-refractivity contribution is -0.137. The Kier molecular flexibility index (Phi) is 10.0. The molecule has 2 N–H and O–H groups in total. The fourth-order valence-corrected chi connectivity index (χ4v) is 8.31. The number of amides is 2. The highest BCUT2D eigenvalue weighted by molar-refractivity contribution is 5.85. The Morgan fingerprint density at radius 2 is 1.35 bits per heavy atom. The molecule has 1 radical (unpaired) electrons. The Morgan fingerprint density at radius 3 is 2.04 bits per heavy atom. The van der Waals surface area contributed by atoms with Crippen molar-refractivity contribution in [2.45, 2.75) is 49.7 Å². The number of benzene rings is 3. The predicted octanol–water partition coefficient (Wildman–Crippen LogP) is 8.00. The third kappa shape index (κ3) is 7.28. The molecule has 11 nitrogen and oxygen atoms in total. The van der Waals surface area contributed by atoms with E-state index in [1.807, 2.05) is 119 Å². The van der Waals surface area contributed by atoms with Crippen LogP contribution in [0.4, 0.5) is 0 Å². The second-order valence-electron chi connectivity index (χ2n) is 14.8. The highest BCUT2D eigenvalue weighted by atomic mass is 16.2. The quantitative estimate of drug-likeness (QED) is 0.145. The van der Waals surface area contributed by atoms with Crippen molar-refractivity contribution >= 4 is 11.8 Å².